The van der Waals surface area contributed by atoms with Crippen LogP contribution >= 0.6 is 11.6 Å². The monoisotopic (exact) mass is 305 g/mol. The van der Waals surface area contributed by atoms with Crippen molar-refractivity contribution in [3.8, 4) is 11.6 Å². The van der Waals surface area contributed by atoms with E-state index in [0.717, 1.165) is 12.8 Å². The lowest BCUT2D eigenvalue weighted by molar-refractivity contribution is -0.384. The number of nitro benzene ring substituents is 1. The third-order valence-electron chi connectivity index (χ3n) is 3.22. The molecule has 0 unspecified atom stereocenters. The second-order valence-corrected chi connectivity index (χ2v) is 5.36. The van der Waals surface area contributed by atoms with Crippen molar-refractivity contribution in [2.75, 3.05) is 0 Å². The maximum Gasteiger partial charge on any atom is 0.269 e. The molecular weight excluding hydrogens is 294 g/mol. The van der Waals surface area contributed by atoms with Crippen molar-refractivity contribution in [3.05, 3.63) is 50.9 Å². The average molecular weight is 306 g/mol. The van der Waals surface area contributed by atoms with E-state index in [9.17, 15) is 10.1 Å². The zero-order valence-electron chi connectivity index (χ0n) is 11.2. The van der Waals surface area contributed by atoms with E-state index in [1.165, 1.54) is 18.2 Å². The molecule has 108 valence electrons. The van der Waals surface area contributed by atoms with Crippen molar-refractivity contribution in [2.24, 2.45) is 0 Å². The maximum atomic E-state index is 10.7. The van der Waals surface area contributed by atoms with E-state index in [4.69, 9.17) is 16.3 Å². The molecule has 0 spiro atoms. The van der Waals surface area contributed by atoms with Gasteiger partial charge < -0.3 is 4.74 Å². The predicted octanol–water partition coefficient (Wildman–Crippen LogP) is 4.02. The van der Waals surface area contributed by atoms with Crippen LogP contribution in [0.2, 0.25) is 5.15 Å². The lowest BCUT2D eigenvalue weighted by atomic mass is 10.2. The van der Waals surface area contributed by atoms with Crippen molar-refractivity contribution >= 4 is 17.3 Å². The highest BCUT2D eigenvalue weighted by molar-refractivity contribution is 6.29. The molecule has 1 heterocycles. The van der Waals surface area contributed by atoms with Crippen molar-refractivity contribution < 1.29 is 9.66 Å². The van der Waals surface area contributed by atoms with Gasteiger partial charge in [-0.25, -0.2) is 4.98 Å². The standard InChI is InChI=1S/C14H12ClN3O3/c1-8-6-10(18(19)20)4-5-11(8)21-13-7-12(15)16-14(17-13)9-2-3-9/h4-7,9H,2-3H2,1H3. The fourth-order valence-electron chi connectivity index (χ4n) is 1.96. The predicted molar refractivity (Wildman–Crippen MR) is 76.9 cm³/mol. The summed E-state index contributed by atoms with van der Waals surface area (Å²) in [5.74, 6) is 1.92. The van der Waals surface area contributed by atoms with Crippen LogP contribution in [0.5, 0.6) is 11.6 Å². The first-order valence-corrected chi connectivity index (χ1v) is 6.88. The first-order valence-electron chi connectivity index (χ1n) is 6.50. The van der Waals surface area contributed by atoms with Gasteiger partial charge in [0, 0.05) is 24.1 Å². The molecule has 21 heavy (non-hydrogen) atoms. The van der Waals surface area contributed by atoms with E-state index >= 15 is 0 Å². The smallest absolute Gasteiger partial charge is 0.269 e. The van der Waals surface area contributed by atoms with Crippen molar-refractivity contribution in [1.82, 2.24) is 9.97 Å². The molecule has 0 saturated heterocycles. The SMILES string of the molecule is Cc1cc([N+](=O)[O-])ccc1Oc1cc(Cl)nc(C2CC2)n1. The zero-order valence-corrected chi connectivity index (χ0v) is 12.0. The van der Waals surface area contributed by atoms with E-state index in [1.54, 1.807) is 13.0 Å². The molecule has 2 aromatic rings. The van der Waals surface area contributed by atoms with Gasteiger partial charge in [0.25, 0.3) is 5.69 Å². The summed E-state index contributed by atoms with van der Waals surface area (Å²) in [6, 6.07) is 5.95. The highest BCUT2D eigenvalue weighted by Crippen LogP contribution is 2.39. The Morgan fingerprint density at radius 1 is 1.33 bits per heavy atom. The minimum absolute atomic E-state index is 0.0271. The quantitative estimate of drug-likeness (QED) is 0.484. The molecule has 6 nitrogen and oxygen atoms in total. The van der Waals surface area contributed by atoms with Gasteiger partial charge in [0.1, 0.15) is 16.7 Å². The number of benzene rings is 1. The Morgan fingerprint density at radius 3 is 2.71 bits per heavy atom. The number of nitro groups is 1. The van der Waals surface area contributed by atoms with Crippen LogP contribution in [0, 0.1) is 17.0 Å². The van der Waals surface area contributed by atoms with Crippen LogP contribution in [-0.2, 0) is 0 Å². The summed E-state index contributed by atoms with van der Waals surface area (Å²) in [6.45, 7) is 1.74. The van der Waals surface area contributed by atoms with Crippen LogP contribution in [0.15, 0.2) is 24.3 Å². The Kier molecular flexibility index (Phi) is 3.47. The summed E-state index contributed by atoms with van der Waals surface area (Å²) in [6.07, 6.45) is 2.13. The molecule has 0 N–H and O–H groups in total. The second-order valence-electron chi connectivity index (χ2n) is 4.97. The van der Waals surface area contributed by atoms with Crippen molar-refractivity contribution in [2.45, 2.75) is 25.7 Å². The summed E-state index contributed by atoms with van der Waals surface area (Å²) >= 11 is 5.97. The Balaban J connectivity index is 1.88. The molecule has 0 radical (unpaired) electrons. The van der Waals surface area contributed by atoms with Crippen molar-refractivity contribution in [3.63, 3.8) is 0 Å². The molecule has 1 aromatic heterocycles. The molecule has 0 atom stereocenters. The Labute approximate surface area is 125 Å². The molecule has 7 heteroatoms. The number of aromatic nitrogens is 2. The summed E-state index contributed by atoms with van der Waals surface area (Å²) in [5, 5.41) is 11.1. The third kappa shape index (κ3) is 3.11. The molecule has 1 fully saturated rings. The molecular formula is C14H12ClN3O3. The van der Waals surface area contributed by atoms with Gasteiger partial charge >= 0.3 is 0 Å². The van der Waals surface area contributed by atoms with Crippen LogP contribution in [0.1, 0.15) is 30.1 Å². The minimum Gasteiger partial charge on any atom is -0.439 e. The molecule has 1 aromatic carbocycles. The number of ether oxygens (including phenoxy) is 1. The minimum atomic E-state index is -0.441. The van der Waals surface area contributed by atoms with Crippen molar-refractivity contribution in [1.29, 1.82) is 0 Å². The fraction of sp³-hybridized carbons (Fsp3) is 0.286. The zero-order chi connectivity index (χ0) is 15.0. The van der Waals surface area contributed by atoms with Gasteiger partial charge in [-0.15, -0.1) is 0 Å². The summed E-state index contributed by atoms with van der Waals surface area (Å²) < 4.78 is 5.69. The first-order chi connectivity index (χ1) is 10.0. The van der Waals surface area contributed by atoms with Gasteiger partial charge in [-0.3, -0.25) is 10.1 Å². The van der Waals surface area contributed by atoms with E-state index < -0.39 is 4.92 Å². The highest BCUT2D eigenvalue weighted by atomic mass is 35.5. The van der Waals surface area contributed by atoms with E-state index in [-0.39, 0.29) is 5.69 Å². The molecule has 0 aliphatic heterocycles. The Morgan fingerprint density at radius 2 is 2.10 bits per heavy atom. The number of non-ortho nitro benzene ring substituents is 1. The van der Waals surface area contributed by atoms with Crippen LogP contribution in [0.25, 0.3) is 0 Å². The fourth-order valence-corrected chi connectivity index (χ4v) is 2.14. The van der Waals surface area contributed by atoms with Gasteiger partial charge in [0.05, 0.1) is 4.92 Å². The van der Waals surface area contributed by atoms with E-state index in [0.29, 0.717) is 34.1 Å². The van der Waals surface area contributed by atoms with Crippen LogP contribution in [-0.4, -0.2) is 14.9 Å². The number of halogens is 1. The van der Waals surface area contributed by atoms with E-state index in [2.05, 4.69) is 9.97 Å². The van der Waals surface area contributed by atoms with Gasteiger partial charge in [-0.2, -0.15) is 4.98 Å². The van der Waals surface area contributed by atoms with Crippen LogP contribution < -0.4 is 4.74 Å². The third-order valence-corrected chi connectivity index (χ3v) is 3.41. The molecule has 1 saturated carbocycles. The number of hydrogen-bond acceptors (Lipinski definition) is 5. The van der Waals surface area contributed by atoms with Gasteiger partial charge in [0.2, 0.25) is 5.88 Å². The normalized spacial score (nSPS) is 14.0. The molecule has 0 bridgehead atoms. The second kappa shape index (κ2) is 5.29. The number of nitrogens with zero attached hydrogens (tertiary/aromatic N) is 3. The molecule has 3 rings (SSSR count). The van der Waals surface area contributed by atoms with E-state index in [1.807, 2.05) is 0 Å². The number of rotatable bonds is 4. The summed E-state index contributed by atoms with van der Waals surface area (Å²) in [5.41, 5.74) is 0.686. The molecule has 0 amide bonds. The van der Waals surface area contributed by atoms with Gasteiger partial charge in [-0.05, 0) is 31.4 Å². The van der Waals surface area contributed by atoms with Crippen LogP contribution in [0.3, 0.4) is 0 Å². The molecule has 1 aliphatic carbocycles. The summed E-state index contributed by atoms with van der Waals surface area (Å²) in [4.78, 5) is 18.8. The van der Waals surface area contributed by atoms with Gasteiger partial charge in [-0.1, -0.05) is 11.6 Å². The average Bonchev–Trinajstić information content (AvgIpc) is 3.24. The summed E-state index contributed by atoms with van der Waals surface area (Å²) in [7, 11) is 0. The number of hydrogen-bond donors (Lipinski definition) is 0. The largest absolute Gasteiger partial charge is 0.439 e. The van der Waals surface area contributed by atoms with Crippen LogP contribution in [0.4, 0.5) is 5.69 Å². The number of aryl methyl sites for hydroxylation is 1. The Hall–Kier alpha value is -2.21. The topological polar surface area (TPSA) is 78.2 Å². The molecule has 1 aliphatic rings. The van der Waals surface area contributed by atoms with Gasteiger partial charge in [0.15, 0.2) is 0 Å². The lowest BCUT2D eigenvalue weighted by Gasteiger charge is -2.09. The lowest BCUT2D eigenvalue weighted by Crippen LogP contribution is -1.97. The Bertz CT molecular complexity index is 717. The first kappa shape index (κ1) is 13.8. The maximum absolute atomic E-state index is 10.7. The highest BCUT2D eigenvalue weighted by Gasteiger charge is 2.27.